The summed E-state index contributed by atoms with van der Waals surface area (Å²) in [5.74, 6) is 0. The highest BCUT2D eigenvalue weighted by molar-refractivity contribution is 5.93. The van der Waals surface area contributed by atoms with Gasteiger partial charge in [-0.2, -0.15) is 0 Å². The molecule has 5 heteroatoms. The number of hydrogen-bond donors (Lipinski definition) is 3. The molecule has 1 aliphatic heterocycles. The van der Waals surface area contributed by atoms with E-state index in [2.05, 4.69) is 77.9 Å². The maximum absolute atomic E-state index is 6.16. The quantitative estimate of drug-likeness (QED) is 0.598. The predicted octanol–water partition coefficient (Wildman–Crippen LogP) is 3.85. The van der Waals surface area contributed by atoms with E-state index in [9.17, 15) is 0 Å². The molecule has 1 aromatic heterocycles. The van der Waals surface area contributed by atoms with Crippen molar-refractivity contribution >= 4 is 22.3 Å². The van der Waals surface area contributed by atoms with Crippen molar-refractivity contribution in [1.82, 2.24) is 10.3 Å². The number of hydrogen-bond acceptors (Lipinski definition) is 5. The zero-order valence-electron chi connectivity index (χ0n) is 17.4. The van der Waals surface area contributed by atoms with Crippen LogP contribution in [0.4, 0.5) is 11.4 Å². The highest BCUT2D eigenvalue weighted by Gasteiger charge is 2.14. The summed E-state index contributed by atoms with van der Waals surface area (Å²) in [5, 5.41) is 8.15. The molecule has 0 bridgehead atoms. The summed E-state index contributed by atoms with van der Waals surface area (Å²) < 4.78 is 0. The first kappa shape index (κ1) is 19.7. The van der Waals surface area contributed by atoms with Gasteiger partial charge in [-0.15, -0.1) is 0 Å². The molecule has 0 unspecified atom stereocenters. The molecule has 0 atom stereocenters. The van der Waals surface area contributed by atoms with Crippen molar-refractivity contribution in [3.05, 3.63) is 54.6 Å². The second kappa shape index (κ2) is 8.39. The molecule has 29 heavy (non-hydrogen) atoms. The van der Waals surface area contributed by atoms with E-state index in [4.69, 9.17) is 10.7 Å². The standard InChI is InChI=1S/C24H31N5/c1-24(2,25)10-11-27-23-17-22(28-21-9-4-3-8-20(21)23)18-6-5-7-19(16-18)29-14-12-26-13-15-29/h3-9,16-17,26H,10-15,25H2,1-2H3,(H,27,28). The summed E-state index contributed by atoms with van der Waals surface area (Å²) in [4.78, 5) is 7.39. The van der Waals surface area contributed by atoms with Crippen molar-refractivity contribution in [2.24, 2.45) is 5.73 Å². The van der Waals surface area contributed by atoms with Crippen LogP contribution in [0.3, 0.4) is 0 Å². The van der Waals surface area contributed by atoms with Crippen molar-refractivity contribution in [2.75, 3.05) is 42.9 Å². The molecule has 2 aromatic carbocycles. The molecule has 0 amide bonds. The predicted molar refractivity (Wildman–Crippen MR) is 124 cm³/mol. The first-order chi connectivity index (χ1) is 14.0. The molecule has 1 saturated heterocycles. The third-order valence-corrected chi connectivity index (χ3v) is 5.43. The van der Waals surface area contributed by atoms with Crippen molar-refractivity contribution in [3.63, 3.8) is 0 Å². The minimum atomic E-state index is -0.184. The van der Waals surface area contributed by atoms with Crippen molar-refractivity contribution < 1.29 is 0 Å². The molecule has 152 valence electrons. The van der Waals surface area contributed by atoms with Crippen molar-refractivity contribution in [1.29, 1.82) is 0 Å². The molecule has 1 aliphatic rings. The third-order valence-electron chi connectivity index (χ3n) is 5.43. The van der Waals surface area contributed by atoms with Gasteiger partial charge in [-0.1, -0.05) is 30.3 Å². The first-order valence-electron chi connectivity index (χ1n) is 10.5. The monoisotopic (exact) mass is 389 g/mol. The molecule has 0 saturated carbocycles. The minimum Gasteiger partial charge on any atom is -0.384 e. The van der Waals surface area contributed by atoms with Crippen LogP contribution in [0, 0.1) is 0 Å². The molecule has 3 aromatic rings. The van der Waals surface area contributed by atoms with Gasteiger partial charge in [0.05, 0.1) is 11.2 Å². The number of rotatable bonds is 6. The molecule has 0 spiro atoms. The summed E-state index contributed by atoms with van der Waals surface area (Å²) >= 11 is 0. The molecule has 2 heterocycles. The van der Waals surface area contributed by atoms with E-state index in [0.29, 0.717) is 0 Å². The summed E-state index contributed by atoms with van der Waals surface area (Å²) in [6, 6.07) is 19.2. The van der Waals surface area contributed by atoms with E-state index in [1.165, 1.54) is 5.69 Å². The molecular formula is C24H31N5. The number of aromatic nitrogens is 1. The van der Waals surface area contributed by atoms with Gasteiger partial charge in [-0.05, 0) is 44.5 Å². The van der Waals surface area contributed by atoms with Gasteiger partial charge < -0.3 is 21.3 Å². The normalized spacial score (nSPS) is 14.9. The Morgan fingerprint density at radius 3 is 2.66 bits per heavy atom. The van der Waals surface area contributed by atoms with Crippen LogP contribution in [-0.4, -0.2) is 43.2 Å². The van der Waals surface area contributed by atoms with Gasteiger partial charge in [0.25, 0.3) is 0 Å². The van der Waals surface area contributed by atoms with Crippen LogP contribution >= 0.6 is 0 Å². The summed E-state index contributed by atoms with van der Waals surface area (Å²) in [7, 11) is 0. The molecular weight excluding hydrogens is 358 g/mol. The topological polar surface area (TPSA) is 66.2 Å². The largest absolute Gasteiger partial charge is 0.384 e. The highest BCUT2D eigenvalue weighted by Crippen LogP contribution is 2.30. The van der Waals surface area contributed by atoms with Crippen LogP contribution in [0.5, 0.6) is 0 Å². The average molecular weight is 390 g/mol. The second-order valence-electron chi connectivity index (χ2n) is 8.52. The number of pyridine rings is 1. The van der Waals surface area contributed by atoms with Gasteiger partial charge in [0.1, 0.15) is 0 Å². The number of nitrogens with one attached hydrogen (secondary N) is 2. The Bertz CT molecular complexity index is 970. The van der Waals surface area contributed by atoms with Crippen LogP contribution in [0.15, 0.2) is 54.6 Å². The number of anilines is 2. The van der Waals surface area contributed by atoms with Gasteiger partial charge in [0, 0.05) is 60.6 Å². The Morgan fingerprint density at radius 1 is 1.07 bits per heavy atom. The average Bonchev–Trinajstić information content (AvgIpc) is 2.73. The van der Waals surface area contributed by atoms with Gasteiger partial charge in [-0.3, -0.25) is 0 Å². The molecule has 0 radical (unpaired) electrons. The van der Waals surface area contributed by atoms with Gasteiger partial charge in [-0.25, -0.2) is 4.98 Å². The number of fused-ring (bicyclic) bond motifs is 1. The van der Waals surface area contributed by atoms with E-state index in [0.717, 1.165) is 67.0 Å². The van der Waals surface area contributed by atoms with E-state index >= 15 is 0 Å². The lowest BCUT2D eigenvalue weighted by Gasteiger charge is -2.29. The van der Waals surface area contributed by atoms with Crippen LogP contribution in [0.1, 0.15) is 20.3 Å². The molecule has 5 nitrogen and oxygen atoms in total. The van der Waals surface area contributed by atoms with Crippen LogP contribution in [0.25, 0.3) is 22.2 Å². The van der Waals surface area contributed by atoms with E-state index in [-0.39, 0.29) is 5.54 Å². The number of nitrogens with zero attached hydrogens (tertiary/aromatic N) is 2. The summed E-state index contributed by atoms with van der Waals surface area (Å²) in [6.07, 6.45) is 0.900. The summed E-state index contributed by atoms with van der Waals surface area (Å²) in [5.41, 5.74) is 11.5. The molecule has 4 rings (SSSR count). The second-order valence-corrected chi connectivity index (χ2v) is 8.52. The van der Waals surface area contributed by atoms with Gasteiger partial charge >= 0.3 is 0 Å². The number of benzene rings is 2. The summed E-state index contributed by atoms with van der Waals surface area (Å²) in [6.45, 7) is 9.09. The van der Waals surface area contributed by atoms with Crippen LogP contribution < -0.4 is 21.3 Å². The van der Waals surface area contributed by atoms with E-state index < -0.39 is 0 Å². The number of piperazine rings is 1. The third kappa shape index (κ3) is 4.86. The highest BCUT2D eigenvalue weighted by atomic mass is 15.2. The Morgan fingerprint density at radius 2 is 1.86 bits per heavy atom. The number of para-hydroxylation sites is 1. The zero-order valence-corrected chi connectivity index (χ0v) is 17.4. The Balaban J connectivity index is 1.67. The maximum Gasteiger partial charge on any atom is 0.0731 e. The fourth-order valence-corrected chi connectivity index (χ4v) is 3.77. The van der Waals surface area contributed by atoms with Crippen LogP contribution in [0.2, 0.25) is 0 Å². The zero-order chi connectivity index (χ0) is 20.3. The van der Waals surface area contributed by atoms with E-state index in [1.54, 1.807) is 0 Å². The lowest BCUT2D eigenvalue weighted by molar-refractivity contribution is 0.491. The minimum absolute atomic E-state index is 0.184. The Kier molecular flexibility index (Phi) is 5.69. The first-order valence-corrected chi connectivity index (χ1v) is 10.5. The van der Waals surface area contributed by atoms with Gasteiger partial charge in [0.15, 0.2) is 0 Å². The lowest BCUT2D eigenvalue weighted by atomic mass is 10.0. The fourth-order valence-electron chi connectivity index (χ4n) is 3.77. The fraction of sp³-hybridized carbons (Fsp3) is 0.375. The van der Waals surface area contributed by atoms with Crippen molar-refractivity contribution in [2.45, 2.75) is 25.8 Å². The van der Waals surface area contributed by atoms with Gasteiger partial charge in [0.2, 0.25) is 0 Å². The molecule has 0 aliphatic carbocycles. The van der Waals surface area contributed by atoms with Crippen molar-refractivity contribution in [3.8, 4) is 11.3 Å². The Hall–Kier alpha value is -2.63. The Labute approximate surface area is 173 Å². The molecule has 4 N–H and O–H groups in total. The smallest absolute Gasteiger partial charge is 0.0731 e. The molecule has 1 fully saturated rings. The lowest BCUT2D eigenvalue weighted by Crippen LogP contribution is -2.43. The maximum atomic E-state index is 6.16. The SMILES string of the molecule is CC(C)(N)CCNc1cc(-c2cccc(N3CCNCC3)c2)nc2ccccc12. The number of nitrogens with two attached hydrogens (primary N) is 1. The van der Waals surface area contributed by atoms with Crippen LogP contribution in [-0.2, 0) is 0 Å². The van der Waals surface area contributed by atoms with E-state index in [1.807, 2.05) is 6.07 Å².